The standard InChI is InChI=1S/C15H10ClFN2O2/c16-11-7-5-10(6-8-11)15-19-18-14(21-15)9-20-13-4-2-1-3-12(13)17/h1-8H,9H2. The number of para-hydroxylation sites is 1. The summed E-state index contributed by atoms with van der Waals surface area (Å²) in [7, 11) is 0. The fourth-order valence-electron chi connectivity index (χ4n) is 1.72. The van der Waals surface area contributed by atoms with E-state index in [2.05, 4.69) is 10.2 Å². The molecule has 0 N–H and O–H groups in total. The molecule has 0 unspecified atom stereocenters. The van der Waals surface area contributed by atoms with Crippen LogP contribution in [0.2, 0.25) is 5.02 Å². The first-order valence-electron chi connectivity index (χ1n) is 6.18. The van der Waals surface area contributed by atoms with Gasteiger partial charge in [0.1, 0.15) is 0 Å². The van der Waals surface area contributed by atoms with E-state index in [-0.39, 0.29) is 18.2 Å². The normalized spacial score (nSPS) is 10.6. The van der Waals surface area contributed by atoms with Crippen molar-refractivity contribution in [2.75, 3.05) is 0 Å². The molecule has 0 spiro atoms. The van der Waals surface area contributed by atoms with Gasteiger partial charge in [0.15, 0.2) is 18.2 Å². The maximum Gasteiger partial charge on any atom is 0.254 e. The lowest BCUT2D eigenvalue weighted by Gasteiger charge is -2.03. The maximum absolute atomic E-state index is 13.4. The molecule has 0 aliphatic carbocycles. The van der Waals surface area contributed by atoms with Gasteiger partial charge in [0.05, 0.1) is 0 Å². The fraction of sp³-hybridized carbons (Fsp3) is 0.0667. The van der Waals surface area contributed by atoms with Crippen molar-refractivity contribution in [3.63, 3.8) is 0 Å². The molecular weight excluding hydrogens is 295 g/mol. The summed E-state index contributed by atoms with van der Waals surface area (Å²) in [6, 6.07) is 13.1. The van der Waals surface area contributed by atoms with Crippen LogP contribution in [0.25, 0.3) is 11.5 Å². The number of halogens is 2. The zero-order chi connectivity index (χ0) is 14.7. The first-order valence-corrected chi connectivity index (χ1v) is 6.56. The summed E-state index contributed by atoms with van der Waals surface area (Å²) < 4.78 is 24.2. The average molecular weight is 305 g/mol. The second-order valence-corrected chi connectivity index (χ2v) is 4.66. The zero-order valence-electron chi connectivity index (χ0n) is 10.8. The molecule has 0 amide bonds. The molecule has 106 valence electrons. The molecule has 0 aliphatic heterocycles. The molecule has 0 aliphatic rings. The molecule has 6 heteroatoms. The van der Waals surface area contributed by atoms with Crippen LogP contribution in [-0.4, -0.2) is 10.2 Å². The Hall–Kier alpha value is -2.40. The van der Waals surface area contributed by atoms with Gasteiger partial charge < -0.3 is 9.15 Å². The number of rotatable bonds is 4. The van der Waals surface area contributed by atoms with Gasteiger partial charge in [-0.25, -0.2) is 4.39 Å². The SMILES string of the molecule is Fc1ccccc1OCc1nnc(-c2ccc(Cl)cc2)o1. The van der Waals surface area contributed by atoms with Gasteiger partial charge >= 0.3 is 0 Å². The topological polar surface area (TPSA) is 48.2 Å². The summed E-state index contributed by atoms with van der Waals surface area (Å²) in [5.41, 5.74) is 0.754. The Bertz CT molecular complexity index is 743. The van der Waals surface area contributed by atoms with E-state index in [4.69, 9.17) is 20.8 Å². The average Bonchev–Trinajstić information content (AvgIpc) is 2.96. The molecule has 0 atom stereocenters. The molecule has 0 fully saturated rings. The third-order valence-corrected chi connectivity index (χ3v) is 3.00. The Kier molecular flexibility index (Phi) is 3.83. The molecule has 3 rings (SSSR count). The molecule has 0 saturated carbocycles. The number of benzene rings is 2. The predicted molar refractivity (Wildman–Crippen MR) is 75.5 cm³/mol. The molecular formula is C15H10ClFN2O2. The van der Waals surface area contributed by atoms with Crippen LogP contribution in [0.15, 0.2) is 52.9 Å². The number of nitrogens with zero attached hydrogens (tertiary/aromatic N) is 2. The maximum atomic E-state index is 13.4. The Morgan fingerprint density at radius 1 is 1.05 bits per heavy atom. The highest BCUT2D eigenvalue weighted by Crippen LogP contribution is 2.21. The fourth-order valence-corrected chi connectivity index (χ4v) is 1.85. The van der Waals surface area contributed by atoms with Gasteiger partial charge in [-0.1, -0.05) is 23.7 Å². The molecule has 0 saturated heterocycles. The highest BCUT2D eigenvalue weighted by atomic mass is 35.5. The van der Waals surface area contributed by atoms with Crippen LogP contribution in [0.3, 0.4) is 0 Å². The minimum atomic E-state index is -0.435. The van der Waals surface area contributed by atoms with Crippen LogP contribution in [0.5, 0.6) is 5.75 Å². The first-order chi connectivity index (χ1) is 10.2. The predicted octanol–water partition coefficient (Wildman–Crippen LogP) is 4.11. The van der Waals surface area contributed by atoms with Crippen molar-refractivity contribution in [2.24, 2.45) is 0 Å². The lowest BCUT2D eigenvalue weighted by Crippen LogP contribution is -1.97. The lowest BCUT2D eigenvalue weighted by atomic mass is 10.2. The first kappa shape index (κ1) is 13.6. The smallest absolute Gasteiger partial charge is 0.254 e. The van der Waals surface area contributed by atoms with Crippen LogP contribution in [-0.2, 0) is 6.61 Å². The molecule has 4 nitrogen and oxygen atoms in total. The molecule has 1 aromatic heterocycles. The van der Waals surface area contributed by atoms with E-state index in [9.17, 15) is 4.39 Å². The third kappa shape index (κ3) is 3.20. The summed E-state index contributed by atoms with van der Waals surface area (Å²) in [6.45, 7) is 0.00151. The molecule has 0 radical (unpaired) electrons. The monoisotopic (exact) mass is 304 g/mol. The molecule has 3 aromatic rings. The van der Waals surface area contributed by atoms with Crippen molar-refractivity contribution < 1.29 is 13.5 Å². The van der Waals surface area contributed by atoms with E-state index in [1.165, 1.54) is 12.1 Å². The second-order valence-electron chi connectivity index (χ2n) is 4.23. The van der Waals surface area contributed by atoms with Crippen molar-refractivity contribution in [3.8, 4) is 17.2 Å². The van der Waals surface area contributed by atoms with Gasteiger partial charge in [0.25, 0.3) is 5.89 Å². The van der Waals surface area contributed by atoms with Gasteiger partial charge in [-0.05, 0) is 36.4 Å². The molecule has 1 heterocycles. The van der Waals surface area contributed by atoms with E-state index in [1.54, 1.807) is 36.4 Å². The van der Waals surface area contributed by atoms with Crippen LogP contribution in [0.1, 0.15) is 5.89 Å². The van der Waals surface area contributed by atoms with E-state index in [1.807, 2.05) is 0 Å². The highest BCUT2D eigenvalue weighted by molar-refractivity contribution is 6.30. The minimum Gasteiger partial charge on any atom is -0.481 e. The van der Waals surface area contributed by atoms with E-state index < -0.39 is 5.82 Å². The van der Waals surface area contributed by atoms with Gasteiger partial charge in [0, 0.05) is 10.6 Å². The van der Waals surface area contributed by atoms with Gasteiger partial charge in [-0.3, -0.25) is 0 Å². The number of hydrogen-bond donors (Lipinski definition) is 0. The van der Waals surface area contributed by atoms with Crippen LogP contribution in [0.4, 0.5) is 4.39 Å². The van der Waals surface area contributed by atoms with Crippen LogP contribution >= 0.6 is 11.6 Å². The minimum absolute atomic E-state index is 0.00151. The van der Waals surface area contributed by atoms with E-state index in [0.717, 1.165) is 5.56 Å². The summed E-state index contributed by atoms with van der Waals surface area (Å²) in [5.74, 6) is 0.334. The number of aromatic nitrogens is 2. The summed E-state index contributed by atoms with van der Waals surface area (Å²) in [4.78, 5) is 0. The quantitative estimate of drug-likeness (QED) is 0.728. The largest absolute Gasteiger partial charge is 0.481 e. The molecule has 21 heavy (non-hydrogen) atoms. The highest BCUT2D eigenvalue weighted by Gasteiger charge is 2.10. The van der Waals surface area contributed by atoms with Crippen molar-refractivity contribution >= 4 is 11.6 Å². The van der Waals surface area contributed by atoms with Crippen LogP contribution in [0, 0.1) is 5.82 Å². The lowest BCUT2D eigenvalue weighted by molar-refractivity contribution is 0.253. The van der Waals surface area contributed by atoms with Crippen molar-refractivity contribution in [1.82, 2.24) is 10.2 Å². The van der Waals surface area contributed by atoms with Gasteiger partial charge in [0.2, 0.25) is 5.89 Å². The van der Waals surface area contributed by atoms with Gasteiger partial charge in [-0.2, -0.15) is 0 Å². The Morgan fingerprint density at radius 3 is 2.57 bits per heavy atom. The summed E-state index contributed by atoms with van der Waals surface area (Å²) >= 11 is 5.81. The zero-order valence-corrected chi connectivity index (χ0v) is 11.5. The Balaban J connectivity index is 1.71. The van der Waals surface area contributed by atoms with Crippen molar-refractivity contribution in [2.45, 2.75) is 6.61 Å². The summed E-state index contributed by atoms with van der Waals surface area (Å²) in [6.07, 6.45) is 0. The van der Waals surface area contributed by atoms with Crippen molar-refractivity contribution in [1.29, 1.82) is 0 Å². The number of hydrogen-bond acceptors (Lipinski definition) is 4. The van der Waals surface area contributed by atoms with Crippen LogP contribution < -0.4 is 4.74 Å². The molecule has 0 bridgehead atoms. The van der Waals surface area contributed by atoms with E-state index in [0.29, 0.717) is 10.9 Å². The van der Waals surface area contributed by atoms with E-state index >= 15 is 0 Å². The van der Waals surface area contributed by atoms with Crippen molar-refractivity contribution in [3.05, 3.63) is 65.3 Å². The third-order valence-electron chi connectivity index (χ3n) is 2.75. The number of ether oxygens (including phenoxy) is 1. The molecule has 2 aromatic carbocycles. The summed E-state index contributed by atoms with van der Waals surface area (Å²) in [5, 5.41) is 8.41. The second kappa shape index (κ2) is 5.93. The van der Waals surface area contributed by atoms with Gasteiger partial charge in [-0.15, -0.1) is 10.2 Å². The Labute approximate surface area is 125 Å². The Morgan fingerprint density at radius 2 is 1.81 bits per heavy atom.